The maximum Gasteiger partial charge on any atom is 0.194 e. The van der Waals surface area contributed by atoms with Gasteiger partial charge in [0.1, 0.15) is 12.4 Å². The standard InChI is InChI=1S/C15H22BrN3O2/c1-2-17-15(19-9-7-13(20)11-19)18-8-10-21-14-5-3-12(16)4-6-14/h3-6,13,20H,2,7-11H2,1H3,(H,17,18)/t13-/m1/s1. The number of aliphatic hydroxyl groups is 1. The maximum absolute atomic E-state index is 9.61. The van der Waals surface area contributed by atoms with E-state index >= 15 is 0 Å². The van der Waals surface area contributed by atoms with Crippen LogP contribution < -0.4 is 10.1 Å². The number of aliphatic hydroxyl groups excluding tert-OH is 1. The summed E-state index contributed by atoms with van der Waals surface area (Å²) in [6.45, 7) is 5.48. The van der Waals surface area contributed by atoms with Gasteiger partial charge in [0.25, 0.3) is 0 Å². The maximum atomic E-state index is 9.61. The van der Waals surface area contributed by atoms with Gasteiger partial charge in [-0.3, -0.25) is 0 Å². The summed E-state index contributed by atoms with van der Waals surface area (Å²) in [6.07, 6.45) is 0.563. The summed E-state index contributed by atoms with van der Waals surface area (Å²) < 4.78 is 6.69. The highest BCUT2D eigenvalue weighted by Gasteiger charge is 2.22. The van der Waals surface area contributed by atoms with E-state index < -0.39 is 0 Å². The lowest BCUT2D eigenvalue weighted by atomic mass is 10.3. The number of halogens is 1. The van der Waals surface area contributed by atoms with E-state index in [1.54, 1.807) is 0 Å². The number of ether oxygens (including phenoxy) is 1. The van der Waals surface area contributed by atoms with Gasteiger partial charge in [-0.25, -0.2) is 4.99 Å². The first-order valence-corrected chi connectivity index (χ1v) is 8.08. The predicted octanol–water partition coefficient (Wildman–Crippen LogP) is 1.86. The number of nitrogens with one attached hydrogen (secondary N) is 1. The molecule has 1 atom stereocenters. The molecule has 1 aromatic carbocycles. The SMILES string of the molecule is CCNC(=NCCOc1ccc(Br)cc1)N1CC[C@@H](O)C1. The summed E-state index contributed by atoms with van der Waals surface area (Å²) in [5, 5.41) is 12.9. The van der Waals surface area contributed by atoms with E-state index in [-0.39, 0.29) is 6.10 Å². The van der Waals surface area contributed by atoms with Crippen LogP contribution >= 0.6 is 15.9 Å². The summed E-state index contributed by atoms with van der Waals surface area (Å²) in [7, 11) is 0. The normalized spacial score (nSPS) is 18.9. The van der Waals surface area contributed by atoms with E-state index in [0.717, 1.165) is 35.7 Å². The third-order valence-electron chi connectivity index (χ3n) is 3.23. The molecule has 0 bridgehead atoms. The minimum Gasteiger partial charge on any atom is -0.492 e. The highest BCUT2D eigenvalue weighted by molar-refractivity contribution is 9.10. The van der Waals surface area contributed by atoms with Crippen LogP contribution in [-0.4, -0.2) is 54.9 Å². The first kappa shape index (κ1) is 16.1. The summed E-state index contributed by atoms with van der Waals surface area (Å²) >= 11 is 3.39. The highest BCUT2D eigenvalue weighted by Crippen LogP contribution is 2.15. The third-order valence-corrected chi connectivity index (χ3v) is 3.76. The Morgan fingerprint density at radius 2 is 2.24 bits per heavy atom. The van der Waals surface area contributed by atoms with Crippen molar-refractivity contribution in [2.75, 3.05) is 32.8 Å². The molecule has 116 valence electrons. The Bertz CT molecular complexity index is 464. The number of β-amino-alcohol motifs (C(OH)–C–C–N with tert-alkyl or cyclic N) is 1. The smallest absolute Gasteiger partial charge is 0.194 e. The van der Waals surface area contributed by atoms with Gasteiger partial charge in [0.2, 0.25) is 0 Å². The Kier molecular flexibility index (Phi) is 6.32. The Morgan fingerprint density at radius 3 is 2.86 bits per heavy atom. The van der Waals surface area contributed by atoms with E-state index in [1.807, 2.05) is 31.2 Å². The van der Waals surface area contributed by atoms with Crippen molar-refractivity contribution in [2.24, 2.45) is 4.99 Å². The van der Waals surface area contributed by atoms with Gasteiger partial charge >= 0.3 is 0 Å². The number of nitrogens with zero attached hydrogens (tertiary/aromatic N) is 2. The van der Waals surface area contributed by atoms with Crippen LogP contribution in [0.2, 0.25) is 0 Å². The van der Waals surface area contributed by atoms with Crippen molar-refractivity contribution in [3.05, 3.63) is 28.7 Å². The van der Waals surface area contributed by atoms with Crippen LogP contribution in [0.25, 0.3) is 0 Å². The van der Waals surface area contributed by atoms with Crippen molar-refractivity contribution in [3.63, 3.8) is 0 Å². The van der Waals surface area contributed by atoms with Crippen LogP contribution in [0.5, 0.6) is 5.75 Å². The van der Waals surface area contributed by atoms with Gasteiger partial charge in [-0.05, 0) is 37.6 Å². The highest BCUT2D eigenvalue weighted by atomic mass is 79.9. The molecule has 0 amide bonds. The zero-order chi connectivity index (χ0) is 15.1. The molecule has 0 unspecified atom stereocenters. The monoisotopic (exact) mass is 355 g/mol. The molecule has 0 spiro atoms. The number of hydrogen-bond acceptors (Lipinski definition) is 3. The molecular formula is C15H22BrN3O2. The molecule has 5 nitrogen and oxygen atoms in total. The average molecular weight is 356 g/mol. The number of hydrogen-bond donors (Lipinski definition) is 2. The number of likely N-dealkylation sites (tertiary alicyclic amines) is 1. The molecule has 0 radical (unpaired) electrons. The van der Waals surface area contributed by atoms with Crippen molar-refractivity contribution >= 4 is 21.9 Å². The fourth-order valence-electron chi connectivity index (χ4n) is 2.21. The minimum absolute atomic E-state index is 0.243. The first-order chi connectivity index (χ1) is 10.2. The van der Waals surface area contributed by atoms with Crippen LogP contribution in [0, 0.1) is 0 Å². The number of aliphatic imine (C=N–C) groups is 1. The number of rotatable bonds is 5. The van der Waals surface area contributed by atoms with E-state index in [1.165, 1.54) is 0 Å². The van der Waals surface area contributed by atoms with Gasteiger partial charge in [0.15, 0.2) is 5.96 Å². The molecule has 1 saturated heterocycles. The fraction of sp³-hybridized carbons (Fsp3) is 0.533. The second-order valence-electron chi connectivity index (χ2n) is 4.93. The molecule has 2 N–H and O–H groups in total. The summed E-state index contributed by atoms with van der Waals surface area (Å²) in [5.41, 5.74) is 0. The number of guanidine groups is 1. The Labute approximate surface area is 134 Å². The van der Waals surface area contributed by atoms with Gasteiger partial charge < -0.3 is 20.1 Å². The molecule has 6 heteroatoms. The quantitative estimate of drug-likeness (QED) is 0.480. The zero-order valence-electron chi connectivity index (χ0n) is 12.3. The first-order valence-electron chi connectivity index (χ1n) is 7.28. The summed E-state index contributed by atoms with van der Waals surface area (Å²) in [5.74, 6) is 1.70. The van der Waals surface area contributed by atoms with Gasteiger partial charge in [0.05, 0.1) is 12.6 Å². The van der Waals surface area contributed by atoms with E-state index in [9.17, 15) is 5.11 Å². The van der Waals surface area contributed by atoms with Crippen molar-refractivity contribution in [3.8, 4) is 5.75 Å². The second-order valence-corrected chi connectivity index (χ2v) is 5.84. The van der Waals surface area contributed by atoms with Crippen LogP contribution in [0.4, 0.5) is 0 Å². The largest absolute Gasteiger partial charge is 0.492 e. The van der Waals surface area contributed by atoms with Crippen molar-refractivity contribution in [1.82, 2.24) is 10.2 Å². The molecule has 0 aliphatic carbocycles. The Balaban J connectivity index is 1.81. The Morgan fingerprint density at radius 1 is 1.48 bits per heavy atom. The van der Waals surface area contributed by atoms with E-state index in [2.05, 4.69) is 31.1 Å². The lowest BCUT2D eigenvalue weighted by Crippen LogP contribution is -2.40. The summed E-state index contributed by atoms with van der Waals surface area (Å²) in [6, 6.07) is 7.76. The van der Waals surface area contributed by atoms with E-state index in [4.69, 9.17) is 4.74 Å². The molecule has 21 heavy (non-hydrogen) atoms. The molecular weight excluding hydrogens is 334 g/mol. The predicted molar refractivity (Wildman–Crippen MR) is 87.8 cm³/mol. The van der Waals surface area contributed by atoms with Crippen molar-refractivity contribution in [1.29, 1.82) is 0 Å². The van der Waals surface area contributed by atoms with Gasteiger partial charge in [0, 0.05) is 24.1 Å². The zero-order valence-corrected chi connectivity index (χ0v) is 13.8. The molecule has 0 aromatic heterocycles. The van der Waals surface area contributed by atoms with Crippen LogP contribution in [0.3, 0.4) is 0 Å². The second kappa shape index (κ2) is 8.24. The average Bonchev–Trinajstić information content (AvgIpc) is 2.91. The molecule has 1 aliphatic heterocycles. The summed E-state index contributed by atoms with van der Waals surface area (Å²) in [4.78, 5) is 6.64. The minimum atomic E-state index is -0.243. The van der Waals surface area contributed by atoms with Crippen molar-refractivity contribution in [2.45, 2.75) is 19.4 Å². The fourth-order valence-corrected chi connectivity index (χ4v) is 2.47. The third kappa shape index (κ3) is 5.21. The molecule has 1 aliphatic rings. The van der Waals surface area contributed by atoms with Gasteiger partial charge in [-0.1, -0.05) is 15.9 Å². The molecule has 0 saturated carbocycles. The lowest BCUT2D eigenvalue weighted by Gasteiger charge is -2.20. The van der Waals surface area contributed by atoms with Crippen LogP contribution in [0.1, 0.15) is 13.3 Å². The Hall–Kier alpha value is -1.27. The topological polar surface area (TPSA) is 57.1 Å². The molecule has 1 aromatic rings. The van der Waals surface area contributed by atoms with Crippen LogP contribution in [0.15, 0.2) is 33.7 Å². The van der Waals surface area contributed by atoms with E-state index in [0.29, 0.717) is 19.7 Å². The van der Waals surface area contributed by atoms with Crippen LogP contribution in [-0.2, 0) is 0 Å². The lowest BCUT2D eigenvalue weighted by molar-refractivity contribution is 0.187. The van der Waals surface area contributed by atoms with Crippen molar-refractivity contribution < 1.29 is 9.84 Å². The van der Waals surface area contributed by atoms with Gasteiger partial charge in [-0.2, -0.15) is 0 Å². The van der Waals surface area contributed by atoms with Gasteiger partial charge in [-0.15, -0.1) is 0 Å². The molecule has 2 rings (SSSR count). The molecule has 1 fully saturated rings. The molecule has 1 heterocycles. The number of benzene rings is 1.